The number of hydrogen-bond donors (Lipinski definition) is 3. The maximum absolute atomic E-state index is 13.1. The number of aliphatic hydroxyl groups is 1. The van der Waals surface area contributed by atoms with Gasteiger partial charge in [0.1, 0.15) is 17.5 Å². The lowest BCUT2D eigenvalue weighted by atomic mass is 9.77. The molecular formula is C35H45N7O5S. The van der Waals surface area contributed by atoms with Gasteiger partial charge in [-0.05, 0) is 105 Å². The average molecular weight is 676 g/mol. The SMILES string of the molecule is O=C1CCC(N2Cc3cc(C4CCN(CC5CCN(c6nc7c(c(NC8(CO)CCC8)n6)[S@+]([O-])CC7)CC5)CC4)ccc3C2=O)C(=O)N1. The van der Waals surface area contributed by atoms with Crippen molar-refractivity contribution in [1.29, 1.82) is 0 Å². The number of hydrogen-bond acceptors (Lipinski definition) is 10. The van der Waals surface area contributed by atoms with Crippen molar-refractivity contribution < 1.29 is 24.0 Å². The molecular weight excluding hydrogens is 630 g/mol. The first kappa shape index (κ1) is 32.0. The average Bonchev–Trinajstić information content (AvgIpc) is 3.62. The van der Waals surface area contributed by atoms with Crippen LogP contribution in [0.1, 0.15) is 90.9 Å². The zero-order valence-corrected chi connectivity index (χ0v) is 28.2. The van der Waals surface area contributed by atoms with Gasteiger partial charge in [0.2, 0.25) is 22.7 Å². The Morgan fingerprint density at radius 3 is 2.52 bits per heavy atom. The van der Waals surface area contributed by atoms with Gasteiger partial charge >= 0.3 is 0 Å². The van der Waals surface area contributed by atoms with Crippen molar-refractivity contribution in [3.8, 4) is 0 Å². The first-order valence-corrected chi connectivity index (χ1v) is 19.0. The number of likely N-dealkylation sites (tertiary alicyclic amines) is 1. The summed E-state index contributed by atoms with van der Waals surface area (Å²) >= 11 is -1.10. The summed E-state index contributed by atoms with van der Waals surface area (Å²) < 4.78 is 12.8. The van der Waals surface area contributed by atoms with E-state index in [9.17, 15) is 24.0 Å². The van der Waals surface area contributed by atoms with Crippen LogP contribution < -0.4 is 15.5 Å². The molecule has 0 radical (unpaired) electrons. The van der Waals surface area contributed by atoms with E-state index in [1.807, 2.05) is 6.07 Å². The number of amides is 3. The molecule has 6 aliphatic rings. The second-order valence-corrected chi connectivity index (χ2v) is 16.2. The van der Waals surface area contributed by atoms with Gasteiger partial charge in [0, 0.05) is 44.6 Å². The highest BCUT2D eigenvalue weighted by atomic mass is 32.2. The molecule has 1 unspecified atom stereocenters. The Labute approximate surface area is 284 Å². The minimum absolute atomic E-state index is 0.0515. The number of anilines is 2. The molecule has 1 saturated carbocycles. The Bertz CT molecular complexity index is 1600. The Hall–Kier alpha value is -3.26. The third kappa shape index (κ3) is 5.96. The Morgan fingerprint density at radius 2 is 1.81 bits per heavy atom. The third-order valence-electron chi connectivity index (χ3n) is 11.7. The highest BCUT2D eigenvalue weighted by Gasteiger charge is 2.42. The van der Waals surface area contributed by atoms with Crippen LogP contribution in [0.5, 0.6) is 0 Å². The molecule has 3 saturated heterocycles. The maximum atomic E-state index is 13.1. The van der Waals surface area contributed by atoms with Crippen LogP contribution in [0.3, 0.4) is 0 Å². The first-order valence-electron chi connectivity index (χ1n) is 17.7. The van der Waals surface area contributed by atoms with E-state index in [-0.39, 0.29) is 36.3 Å². The molecule has 8 rings (SSSR count). The number of nitrogens with zero attached hydrogens (tertiary/aromatic N) is 5. The normalized spacial score (nSPS) is 26.3. The summed E-state index contributed by atoms with van der Waals surface area (Å²) in [5.74, 6) is 2.27. The van der Waals surface area contributed by atoms with Crippen LogP contribution in [-0.4, -0.2) is 104 Å². The van der Waals surface area contributed by atoms with Gasteiger partial charge in [0.05, 0.1) is 12.1 Å². The number of carbonyl (C=O) groups is 3. The van der Waals surface area contributed by atoms with Gasteiger partial charge in [-0.3, -0.25) is 19.7 Å². The highest BCUT2D eigenvalue weighted by Crippen LogP contribution is 2.40. The van der Waals surface area contributed by atoms with Gasteiger partial charge in [0.15, 0.2) is 5.82 Å². The van der Waals surface area contributed by atoms with Crippen molar-refractivity contribution in [1.82, 2.24) is 25.1 Å². The van der Waals surface area contributed by atoms with Crippen LogP contribution in [-0.2, 0) is 33.7 Å². The lowest BCUT2D eigenvalue weighted by Gasteiger charge is -2.41. The van der Waals surface area contributed by atoms with E-state index < -0.39 is 17.2 Å². The number of carbonyl (C=O) groups excluding carboxylic acids is 3. The third-order valence-corrected chi connectivity index (χ3v) is 13.2. The molecule has 6 heterocycles. The smallest absolute Gasteiger partial charge is 0.255 e. The molecule has 1 aliphatic carbocycles. The summed E-state index contributed by atoms with van der Waals surface area (Å²) in [6, 6.07) is 5.61. The van der Waals surface area contributed by atoms with E-state index in [4.69, 9.17) is 9.97 Å². The monoisotopic (exact) mass is 675 g/mol. The zero-order chi connectivity index (χ0) is 33.0. The van der Waals surface area contributed by atoms with Crippen LogP contribution in [0, 0.1) is 5.92 Å². The molecule has 0 bridgehead atoms. The number of nitrogens with one attached hydrogen (secondary N) is 2. The summed E-state index contributed by atoms with van der Waals surface area (Å²) in [6.07, 6.45) is 8.53. The molecule has 12 nitrogen and oxygen atoms in total. The molecule has 3 amide bonds. The number of fused-ring (bicyclic) bond motifs is 2. The summed E-state index contributed by atoms with van der Waals surface area (Å²) in [5.41, 5.74) is 3.46. The molecule has 2 atom stereocenters. The number of rotatable bonds is 8. The van der Waals surface area contributed by atoms with E-state index in [1.165, 1.54) is 5.56 Å². The van der Waals surface area contributed by atoms with Crippen molar-refractivity contribution >= 4 is 40.7 Å². The van der Waals surface area contributed by atoms with E-state index in [0.717, 1.165) is 99.8 Å². The standard InChI is InChI=1S/C35H45N7O5S/c43-21-35(11-1-12-35)39-31-30-27(10-17-48(30)47)36-34(38-31)41-15-6-22(7-16-41)19-40-13-8-23(9-14-40)24-2-3-26-25(18-24)20-42(33(26)46)28-4-5-29(44)37-32(28)45/h2-3,18,22-23,28,43H,1,4-17,19-21H2,(H,36,38,39)(H,37,44,45)/t28?,48-/m1/s1. The summed E-state index contributed by atoms with van der Waals surface area (Å²) in [7, 11) is 0. The molecule has 3 N–H and O–H groups in total. The highest BCUT2D eigenvalue weighted by molar-refractivity contribution is 7.91. The lowest BCUT2D eigenvalue weighted by molar-refractivity contribution is -0.136. The molecule has 1 aromatic heterocycles. The fourth-order valence-corrected chi connectivity index (χ4v) is 9.87. The van der Waals surface area contributed by atoms with E-state index in [2.05, 4.69) is 32.6 Å². The molecule has 256 valence electrons. The van der Waals surface area contributed by atoms with Crippen LogP contribution in [0.25, 0.3) is 0 Å². The summed E-state index contributed by atoms with van der Waals surface area (Å²) in [5, 5.41) is 15.9. The van der Waals surface area contributed by atoms with Crippen molar-refractivity contribution in [3.05, 3.63) is 40.6 Å². The molecule has 2 aromatic rings. The maximum Gasteiger partial charge on any atom is 0.255 e. The lowest BCUT2D eigenvalue weighted by Crippen LogP contribution is -2.52. The molecule has 48 heavy (non-hydrogen) atoms. The fraction of sp³-hybridized carbons (Fsp3) is 0.629. The van der Waals surface area contributed by atoms with Crippen LogP contribution >= 0.6 is 0 Å². The predicted molar refractivity (Wildman–Crippen MR) is 180 cm³/mol. The minimum Gasteiger partial charge on any atom is -0.611 e. The first-order chi connectivity index (χ1) is 23.3. The van der Waals surface area contributed by atoms with Crippen LogP contribution in [0.4, 0.5) is 11.8 Å². The Balaban J connectivity index is 0.841. The van der Waals surface area contributed by atoms with Gasteiger partial charge in [0.25, 0.3) is 5.91 Å². The van der Waals surface area contributed by atoms with Crippen LogP contribution in [0.15, 0.2) is 23.1 Å². The molecule has 1 aromatic carbocycles. The van der Waals surface area contributed by atoms with Crippen molar-refractivity contribution in [2.45, 2.75) is 93.1 Å². The molecule has 13 heteroatoms. The van der Waals surface area contributed by atoms with E-state index in [1.54, 1.807) is 4.90 Å². The number of benzene rings is 1. The van der Waals surface area contributed by atoms with E-state index in [0.29, 0.717) is 48.4 Å². The topological polar surface area (TPSA) is 154 Å². The molecule has 0 spiro atoms. The number of imide groups is 1. The summed E-state index contributed by atoms with van der Waals surface area (Å²) in [6.45, 7) is 5.47. The number of piperidine rings is 3. The molecule has 4 fully saturated rings. The Kier molecular flexibility index (Phi) is 8.58. The number of aryl methyl sites for hydroxylation is 1. The van der Waals surface area contributed by atoms with Gasteiger partial charge < -0.3 is 29.7 Å². The van der Waals surface area contributed by atoms with E-state index >= 15 is 0 Å². The number of aliphatic hydroxyl groups excluding tert-OH is 1. The summed E-state index contributed by atoms with van der Waals surface area (Å²) in [4.78, 5) is 54.2. The number of aromatic nitrogens is 2. The second-order valence-electron chi connectivity index (χ2n) is 14.7. The quantitative estimate of drug-likeness (QED) is 0.281. The van der Waals surface area contributed by atoms with Crippen molar-refractivity contribution in [3.63, 3.8) is 0 Å². The van der Waals surface area contributed by atoms with Gasteiger partial charge in [-0.2, -0.15) is 4.98 Å². The predicted octanol–water partition coefficient (Wildman–Crippen LogP) is 2.32. The fourth-order valence-electron chi connectivity index (χ4n) is 8.57. The second kappa shape index (κ2) is 12.9. The van der Waals surface area contributed by atoms with Gasteiger partial charge in [-0.1, -0.05) is 12.1 Å². The van der Waals surface area contributed by atoms with Gasteiger partial charge in [-0.25, -0.2) is 4.98 Å². The largest absolute Gasteiger partial charge is 0.611 e. The van der Waals surface area contributed by atoms with Crippen LogP contribution in [0.2, 0.25) is 0 Å². The van der Waals surface area contributed by atoms with Gasteiger partial charge in [-0.15, -0.1) is 0 Å². The zero-order valence-electron chi connectivity index (χ0n) is 27.4. The minimum atomic E-state index is -1.10. The van der Waals surface area contributed by atoms with Crippen molar-refractivity contribution in [2.24, 2.45) is 5.92 Å². The van der Waals surface area contributed by atoms with Crippen molar-refractivity contribution in [2.75, 3.05) is 55.3 Å². The molecule has 5 aliphatic heterocycles. The Morgan fingerprint density at radius 1 is 1.02 bits per heavy atom.